The molecule has 6 nitrogen and oxygen atoms in total. The van der Waals surface area contributed by atoms with Crippen molar-refractivity contribution < 1.29 is 19.8 Å². The molecule has 0 bridgehead atoms. The standard InChI is InChI=1S/C11H22N2O4/c1-3-8(12-10(14)15)6-5-7-9(4-2)13-11(16)17/h8-9,12-13H,3-7H2,1-2H3,(H,14,15)(H,16,17). The van der Waals surface area contributed by atoms with E-state index in [2.05, 4.69) is 10.6 Å². The van der Waals surface area contributed by atoms with Crippen molar-refractivity contribution in [3.8, 4) is 0 Å². The maximum Gasteiger partial charge on any atom is 0.404 e. The molecule has 6 heteroatoms. The quantitative estimate of drug-likeness (QED) is 0.528. The Hall–Kier alpha value is -1.46. The Morgan fingerprint density at radius 3 is 1.53 bits per heavy atom. The molecule has 0 spiro atoms. The predicted octanol–water partition coefficient (Wildman–Crippen LogP) is 2.25. The topological polar surface area (TPSA) is 98.7 Å². The van der Waals surface area contributed by atoms with E-state index in [0.29, 0.717) is 0 Å². The summed E-state index contributed by atoms with van der Waals surface area (Å²) in [6, 6.07) is -0.0929. The highest BCUT2D eigenvalue weighted by Crippen LogP contribution is 2.09. The van der Waals surface area contributed by atoms with Crippen molar-refractivity contribution in [2.75, 3.05) is 0 Å². The molecule has 0 aromatic heterocycles. The summed E-state index contributed by atoms with van der Waals surface area (Å²) in [4.78, 5) is 20.9. The minimum absolute atomic E-state index is 0.0464. The van der Waals surface area contributed by atoms with Gasteiger partial charge >= 0.3 is 12.2 Å². The summed E-state index contributed by atoms with van der Waals surface area (Å²) < 4.78 is 0. The Morgan fingerprint density at radius 2 is 1.29 bits per heavy atom. The first-order chi connectivity index (χ1) is 7.99. The van der Waals surface area contributed by atoms with E-state index < -0.39 is 12.2 Å². The van der Waals surface area contributed by atoms with Gasteiger partial charge in [0.15, 0.2) is 0 Å². The monoisotopic (exact) mass is 246 g/mol. The van der Waals surface area contributed by atoms with E-state index >= 15 is 0 Å². The number of amides is 2. The first kappa shape index (κ1) is 15.5. The summed E-state index contributed by atoms with van der Waals surface area (Å²) >= 11 is 0. The highest BCUT2D eigenvalue weighted by molar-refractivity contribution is 5.65. The van der Waals surface area contributed by atoms with Gasteiger partial charge in [-0.3, -0.25) is 0 Å². The smallest absolute Gasteiger partial charge is 0.404 e. The van der Waals surface area contributed by atoms with E-state index in [1.165, 1.54) is 0 Å². The molecule has 0 radical (unpaired) electrons. The molecule has 0 heterocycles. The molecule has 0 saturated heterocycles. The highest BCUT2D eigenvalue weighted by Gasteiger charge is 2.12. The summed E-state index contributed by atoms with van der Waals surface area (Å²) in [6.07, 6.45) is 1.75. The van der Waals surface area contributed by atoms with Gasteiger partial charge in [0, 0.05) is 12.1 Å². The zero-order valence-electron chi connectivity index (χ0n) is 10.4. The maximum absolute atomic E-state index is 10.5. The van der Waals surface area contributed by atoms with E-state index in [-0.39, 0.29) is 12.1 Å². The van der Waals surface area contributed by atoms with Crippen LogP contribution in [0.2, 0.25) is 0 Å². The SMILES string of the molecule is CCC(CCCC(CC)NC(=O)O)NC(=O)O. The Balaban J connectivity index is 3.84. The number of carbonyl (C=O) groups is 2. The molecule has 0 aliphatic carbocycles. The van der Waals surface area contributed by atoms with Gasteiger partial charge in [-0.15, -0.1) is 0 Å². The van der Waals surface area contributed by atoms with Crippen LogP contribution >= 0.6 is 0 Å². The van der Waals surface area contributed by atoms with Gasteiger partial charge in [0.2, 0.25) is 0 Å². The zero-order valence-corrected chi connectivity index (χ0v) is 10.4. The molecule has 0 aromatic rings. The molecule has 100 valence electrons. The van der Waals surface area contributed by atoms with Crippen molar-refractivity contribution in [1.82, 2.24) is 10.6 Å². The minimum Gasteiger partial charge on any atom is -0.465 e. The molecule has 2 unspecified atom stereocenters. The number of carboxylic acid groups (broad SMARTS) is 2. The van der Waals surface area contributed by atoms with Crippen LogP contribution in [0, 0.1) is 0 Å². The van der Waals surface area contributed by atoms with E-state index in [0.717, 1.165) is 32.1 Å². The molecule has 17 heavy (non-hydrogen) atoms. The van der Waals surface area contributed by atoms with Gasteiger partial charge in [-0.2, -0.15) is 0 Å². The molecule has 0 saturated carbocycles. The average Bonchev–Trinajstić information content (AvgIpc) is 2.25. The summed E-state index contributed by atoms with van der Waals surface area (Å²) in [5, 5.41) is 22.1. The van der Waals surface area contributed by atoms with Gasteiger partial charge in [0.25, 0.3) is 0 Å². The lowest BCUT2D eigenvalue weighted by Crippen LogP contribution is -2.35. The van der Waals surface area contributed by atoms with Crippen LogP contribution in [-0.2, 0) is 0 Å². The van der Waals surface area contributed by atoms with Crippen molar-refractivity contribution >= 4 is 12.2 Å². The van der Waals surface area contributed by atoms with Crippen LogP contribution in [0.1, 0.15) is 46.0 Å². The lowest BCUT2D eigenvalue weighted by atomic mass is 10.0. The van der Waals surface area contributed by atoms with Crippen LogP contribution in [0.4, 0.5) is 9.59 Å². The van der Waals surface area contributed by atoms with Crippen molar-refractivity contribution in [2.45, 2.75) is 58.0 Å². The van der Waals surface area contributed by atoms with Crippen molar-refractivity contribution in [3.63, 3.8) is 0 Å². The minimum atomic E-state index is -1.01. The second kappa shape index (κ2) is 8.66. The van der Waals surface area contributed by atoms with Gasteiger partial charge in [0.05, 0.1) is 0 Å². The van der Waals surface area contributed by atoms with Crippen LogP contribution in [0.3, 0.4) is 0 Å². The average molecular weight is 246 g/mol. The summed E-state index contributed by atoms with van der Waals surface area (Å²) in [7, 11) is 0. The number of hydrogen-bond donors (Lipinski definition) is 4. The lowest BCUT2D eigenvalue weighted by Gasteiger charge is -2.18. The Morgan fingerprint density at radius 1 is 0.941 bits per heavy atom. The van der Waals surface area contributed by atoms with E-state index in [1.807, 2.05) is 13.8 Å². The van der Waals surface area contributed by atoms with Gasteiger partial charge in [-0.1, -0.05) is 13.8 Å². The van der Waals surface area contributed by atoms with Crippen LogP contribution in [-0.4, -0.2) is 34.5 Å². The van der Waals surface area contributed by atoms with Crippen LogP contribution < -0.4 is 10.6 Å². The largest absolute Gasteiger partial charge is 0.465 e. The Kier molecular flexibility index (Phi) is 7.92. The summed E-state index contributed by atoms with van der Waals surface area (Å²) in [5.74, 6) is 0. The third-order valence-corrected chi connectivity index (χ3v) is 2.75. The highest BCUT2D eigenvalue weighted by atomic mass is 16.4. The van der Waals surface area contributed by atoms with Gasteiger partial charge in [-0.05, 0) is 32.1 Å². The number of rotatable bonds is 8. The third kappa shape index (κ3) is 8.36. The van der Waals surface area contributed by atoms with Gasteiger partial charge < -0.3 is 20.8 Å². The summed E-state index contributed by atoms with van der Waals surface area (Å²) in [5.41, 5.74) is 0. The molecule has 0 aliphatic rings. The zero-order chi connectivity index (χ0) is 13.3. The van der Waals surface area contributed by atoms with E-state index in [1.54, 1.807) is 0 Å². The number of nitrogens with one attached hydrogen (secondary N) is 2. The molecular formula is C11H22N2O4. The second-order valence-corrected chi connectivity index (χ2v) is 4.04. The maximum atomic E-state index is 10.5. The van der Waals surface area contributed by atoms with Gasteiger partial charge in [0.1, 0.15) is 0 Å². The lowest BCUT2D eigenvalue weighted by molar-refractivity contribution is 0.187. The fourth-order valence-corrected chi connectivity index (χ4v) is 1.72. The first-order valence-electron chi connectivity index (χ1n) is 5.98. The van der Waals surface area contributed by atoms with Crippen LogP contribution in [0.15, 0.2) is 0 Å². The fourth-order valence-electron chi connectivity index (χ4n) is 1.72. The molecule has 0 rings (SSSR count). The molecule has 0 fully saturated rings. The summed E-state index contributed by atoms with van der Waals surface area (Å²) in [6.45, 7) is 3.85. The Labute approximate surface area is 101 Å². The molecule has 2 amide bonds. The van der Waals surface area contributed by atoms with Crippen molar-refractivity contribution in [1.29, 1.82) is 0 Å². The van der Waals surface area contributed by atoms with Crippen molar-refractivity contribution in [3.05, 3.63) is 0 Å². The normalized spacial score (nSPS) is 13.8. The second-order valence-electron chi connectivity index (χ2n) is 4.04. The Bertz CT molecular complexity index is 222. The van der Waals surface area contributed by atoms with Crippen LogP contribution in [0.25, 0.3) is 0 Å². The first-order valence-corrected chi connectivity index (χ1v) is 5.98. The third-order valence-electron chi connectivity index (χ3n) is 2.75. The molecule has 2 atom stereocenters. The fraction of sp³-hybridized carbons (Fsp3) is 0.818. The molecule has 0 aromatic carbocycles. The number of hydrogen-bond acceptors (Lipinski definition) is 2. The van der Waals surface area contributed by atoms with Crippen LogP contribution in [0.5, 0.6) is 0 Å². The van der Waals surface area contributed by atoms with Crippen molar-refractivity contribution in [2.24, 2.45) is 0 Å². The molecule has 4 N–H and O–H groups in total. The predicted molar refractivity (Wildman–Crippen MR) is 64.3 cm³/mol. The van der Waals surface area contributed by atoms with Gasteiger partial charge in [-0.25, -0.2) is 9.59 Å². The molecular weight excluding hydrogens is 224 g/mol. The van der Waals surface area contributed by atoms with E-state index in [4.69, 9.17) is 10.2 Å². The molecule has 0 aliphatic heterocycles. The van der Waals surface area contributed by atoms with E-state index in [9.17, 15) is 9.59 Å².